The first-order valence-corrected chi connectivity index (χ1v) is 6.29. The van der Waals surface area contributed by atoms with Crippen molar-refractivity contribution in [2.75, 3.05) is 0 Å². The van der Waals surface area contributed by atoms with E-state index in [2.05, 4.69) is 0 Å². The predicted octanol–water partition coefficient (Wildman–Crippen LogP) is 4.91. The van der Waals surface area contributed by atoms with Crippen molar-refractivity contribution >= 4 is 0 Å². The zero-order valence-corrected chi connectivity index (χ0v) is 11.3. The molecule has 124 valence electrons. The molecule has 0 saturated carbocycles. The lowest BCUT2D eigenvalue weighted by atomic mass is 9.96. The lowest BCUT2D eigenvalue weighted by Crippen LogP contribution is -2.15. The highest BCUT2D eigenvalue weighted by Crippen LogP contribution is 2.34. The molecule has 0 bridgehead atoms. The van der Waals surface area contributed by atoms with E-state index >= 15 is 0 Å². The minimum atomic E-state index is -4.86. The fraction of sp³-hybridized carbons (Fsp3) is 0.200. The average molecular weight is 337 g/mol. The van der Waals surface area contributed by atoms with Crippen LogP contribution in [0.5, 0.6) is 0 Å². The van der Waals surface area contributed by atoms with E-state index in [-0.39, 0.29) is 11.1 Å². The van der Waals surface area contributed by atoms with Gasteiger partial charge in [-0.2, -0.15) is 26.3 Å². The second kappa shape index (κ2) is 5.84. The fourth-order valence-electron chi connectivity index (χ4n) is 2.06. The quantitative estimate of drug-likeness (QED) is 0.774. The minimum absolute atomic E-state index is 0.0129. The Hall–Kier alpha value is -2.09. The van der Waals surface area contributed by atoms with Crippen LogP contribution in [0.1, 0.15) is 28.3 Å². The van der Waals surface area contributed by atoms with Crippen molar-refractivity contribution in [3.05, 3.63) is 70.5 Å². The van der Waals surface area contributed by atoms with Gasteiger partial charge in [-0.1, -0.05) is 18.2 Å². The van der Waals surface area contributed by atoms with Crippen molar-refractivity contribution in [2.45, 2.75) is 18.4 Å². The van der Waals surface area contributed by atoms with Gasteiger partial charge in [-0.05, 0) is 35.4 Å². The van der Waals surface area contributed by atoms with Crippen molar-refractivity contribution in [3.63, 3.8) is 0 Å². The highest BCUT2D eigenvalue weighted by Gasteiger charge is 2.34. The topological polar surface area (TPSA) is 26.0 Å². The molecule has 1 atom stereocenters. The van der Waals surface area contributed by atoms with E-state index in [0.29, 0.717) is 12.1 Å². The Balaban J connectivity index is 2.38. The molecule has 0 saturated heterocycles. The second-order valence-electron chi connectivity index (χ2n) is 4.84. The normalized spacial score (nSPS) is 13.9. The van der Waals surface area contributed by atoms with Gasteiger partial charge in [0.1, 0.15) is 5.82 Å². The molecule has 23 heavy (non-hydrogen) atoms. The molecular formula is C15H10F7N. The molecule has 2 N–H and O–H groups in total. The maximum absolute atomic E-state index is 13.5. The summed E-state index contributed by atoms with van der Waals surface area (Å²) in [6.45, 7) is 0. The smallest absolute Gasteiger partial charge is 0.320 e. The Morgan fingerprint density at radius 3 is 1.91 bits per heavy atom. The average Bonchev–Trinajstić information content (AvgIpc) is 2.44. The van der Waals surface area contributed by atoms with Gasteiger partial charge in [-0.3, -0.25) is 0 Å². The number of hydrogen-bond donors (Lipinski definition) is 1. The Labute approximate surface area is 126 Å². The van der Waals surface area contributed by atoms with Gasteiger partial charge < -0.3 is 5.73 Å². The first-order valence-electron chi connectivity index (χ1n) is 6.29. The first-order chi connectivity index (χ1) is 10.5. The standard InChI is InChI=1S/C15H10F7N/c16-12-7-9(4-5-11(12)15(20,21)22)13(23)8-2-1-3-10(6-8)14(17,18)19/h1-7,13H,23H2/t13-/m1/s1. The third-order valence-corrected chi connectivity index (χ3v) is 3.23. The van der Waals surface area contributed by atoms with Crippen LogP contribution in [0.4, 0.5) is 30.7 Å². The molecule has 8 heteroatoms. The molecule has 0 fully saturated rings. The number of halogens is 7. The molecule has 2 aromatic carbocycles. The number of rotatable bonds is 2. The van der Waals surface area contributed by atoms with Gasteiger partial charge in [0.2, 0.25) is 0 Å². The summed E-state index contributed by atoms with van der Waals surface area (Å²) in [4.78, 5) is 0. The second-order valence-corrected chi connectivity index (χ2v) is 4.84. The van der Waals surface area contributed by atoms with E-state index < -0.39 is 35.3 Å². The van der Waals surface area contributed by atoms with E-state index in [1.807, 2.05) is 0 Å². The molecule has 0 amide bonds. The van der Waals surface area contributed by atoms with Gasteiger partial charge in [0.05, 0.1) is 17.2 Å². The molecule has 0 aliphatic carbocycles. The molecule has 0 aliphatic rings. The molecule has 0 aromatic heterocycles. The third-order valence-electron chi connectivity index (χ3n) is 3.23. The Morgan fingerprint density at radius 1 is 0.783 bits per heavy atom. The van der Waals surface area contributed by atoms with Gasteiger partial charge in [0, 0.05) is 0 Å². The SMILES string of the molecule is N[C@H](c1cccc(C(F)(F)F)c1)c1ccc(C(F)(F)F)c(F)c1. The van der Waals surface area contributed by atoms with Crippen LogP contribution in [0.2, 0.25) is 0 Å². The number of nitrogens with two attached hydrogens (primary N) is 1. The zero-order valence-electron chi connectivity index (χ0n) is 11.3. The van der Waals surface area contributed by atoms with Crippen LogP contribution >= 0.6 is 0 Å². The van der Waals surface area contributed by atoms with Gasteiger partial charge in [-0.15, -0.1) is 0 Å². The summed E-state index contributed by atoms with van der Waals surface area (Å²) in [5.74, 6) is -1.53. The van der Waals surface area contributed by atoms with Crippen molar-refractivity contribution in [3.8, 4) is 0 Å². The van der Waals surface area contributed by atoms with Gasteiger partial charge in [-0.25, -0.2) is 4.39 Å². The van der Waals surface area contributed by atoms with Crippen LogP contribution in [0.3, 0.4) is 0 Å². The monoisotopic (exact) mass is 337 g/mol. The fourth-order valence-corrected chi connectivity index (χ4v) is 2.06. The van der Waals surface area contributed by atoms with Crippen LogP contribution in [0.15, 0.2) is 42.5 Å². The summed E-state index contributed by atoms with van der Waals surface area (Å²) in [5.41, 5.74) is 3.29. The molecule has 1 nitrogen and oxygen atoms in total. The highest BCUT2D eigenvalue weighted by atomic mass is 19.4. The number of alkyl halides is 6. The van der Waals surface area contributed by atoms with E-state index in [0.717, 1.165) is 24.3 Å². The molecule has 2 aromatic rings. The summed E-state index contributed by atoms with van der Waals surface area (Å²) >= 11 is 0. The maximum Gasteiger partial charge on any atom is 0.419 e. The molecule has 0 radical (unpaired) electrons. The van der Waals surface area contributed by atoms with Gasteiger partial charge in [0.15, 0.2) is 0 Å². The Morgan fingerprint density at radius 2 is 1.39 bits per heavy atom. The van der Waals surface area contributed by atoms with Gasteiger partial charge in [0.25, 0.3) is 0 Å². The van der Waals surface area contributed by atoms with Gasteiger partial charge >= 0.3 is 12.4 Å². The maximum atomic E-state index is 13.5. The molecule has 0 unspecified atom stereocenters. The van der Waals surface area contributed by atoms with E-state index in [9.17, 15) is 30.7 Å². The van der Waals surface area contributed by atoms with Crippen LogP contribution in [-0.2, 0) is 12.4 Å². The van der Waals surface area contributed by atoms with Crippen LogP contribution < -0.4 is 5.73 Å². The molecule has 2 rings (SSSR count). The number of hydrogen-bond acceptors (Lipinski definition) is 1. The first kappa shape index (κ1) is 17.3. The lowest BCUT2D eigenvalue weighted by Gasteiger charge is -2.16. The number of benzene rings is 2. The van der Waals surface area contributed by atoms with E-state index in [1.54, 1.807) is 0 Å². The Bertz CT molecular complexity index is 704. The molecule has 0 spiro atoms. The van der Waals surface area contributed by atoms with Crippen molar-refractivity contribution in [2.24, 2.45) is 5.73 Å². The molecule has 0 aliphatic heterocycles. The summed E-state index contributed by atoms with van der Waals surface area (Å²) < 4.78 is 89.0. The summed E-state index contributed by atoms with van der Waals surface area (Å²) in [6.07, 6.45) is -9.44. The lowest BCUT2D eigenvalue weighted by molar-refractivity contribution is -0.140. The predicted molar refractivity (Wildman–Crippen MR) is 68.9 cm³/mol. The zero-order chi connectivity index (χ0) is 17.4. The highest BCUT2D eigenvalue weighted by molar-refractivity contribution is 5.37. The third kappa shape index (κ3) is 3.82. The minimum Gasteiger partial charge on any atom is -0.320 e. The molecular weight excluding hydrogens is 327 g/mol. The summed E-state index contributed by atoms with van der Waals surface area (Å²) in [6, 6.07) is 4.87. The molecule has 0 heterocycles. The van der Waals surface area contributed by atoms with Crippen molar-refractivity contribution < 1.29 is 30.7 Å². The summed E-state index contributed by atoms with van der Waals surface area (Å²) in [5, 5.41) is 0. The van der Waals surface area contributed by atoms with E-state index in [4.69, 9.17) is 5.73 Å². The van der Waals surface area contributed by atoms with Crippen LogP contribution in [-0.4, -0.2) is 0 Å². The van der Waals surface area contributed by atoms with Crippen LogP contribution in [0, 0.1) is 5.82 Å². The van der Waals surface area contributed by atoms with Crippen molar-refractivity contribution in [1.29, 1.82) is 0 Å². The summed E-state index contributed by atoms with van der Waals surface area (Å²) in [7, 11) is 0. The van der Waals surface area contributed by atoms with Crippen LogP contribution in [0.25, 0.3) is 0 Å². The Kier molecular flexibility index (Phi) is 4.39. The largest absolute Gasteiger partial charge is 0.419 e. The van der Waals surface area contributed by atoms with E-state index in [1.165, 1.54) is 6.07 Å². The van der Waals surface area contributed by atoms with Crippen molar-refractivity contribution in [1.82, 2.24) is 0 Å².